The molecule has 0 radical (unpaired) electrons. The first-order valence-corrected chi connectivity index (χ1v) is 9.75. The van der Waals surface area contributed by atoms with Gasteiger partial charge >= 0.3 is 0 Å². The largest absolute Gasteiger partial charge is 0.392 e. The summed E-state index contributed by atoms with van der Waals surface area (Å²) < 4.78 is 5.59. The Morgan fingerprint density at radius 1 is 1.41 bits per heavy atom. The minimum absolute atomic E-state index is 0.0241. The molecule has 1 atom stereocenters. The molecule has 1 saturated carbocycles. The molecule has 0 aromatic heterocycles. The molecule has 1 unspecified atom stereocenters. The Kier molecular flexibility index (Phi) is 4.42. The third kappa shape index (κ3) is 2.42. The molecule has 144 valence electrons. The molecule has 5 heteroatoms. The van der Waals surface area contributed by atoms with E-state index in [1.165, 1.54) is 5.56 Å². The van der Waals surface area contributed by atoms with Crippen molar-refractivity contribution in [3.63, 3.8) is 0 Å². The average molecular weight is 368 g/mol. The number of hydrogen-bond donors (Lipinski definition) is 2. The van der Waals surface area contributed by atoms with Crippen LogP contribution < -0.4 is 5.32 Å². The van der Waals surface area contributed by atoms with E-state index < -0.39 is 5.54 Å². The highest BCUT2D eigenvalue weighted by atomic mass is 16.5. The van der Waals surface area contributed by atoms with Gasteiger partial charge in [-0.05, 0) is 61.8 Å². The van der Waals surface area contributed by atoms with Crippen LogP contribution in [-0.2, 0) is 28.1 Å². The topological polar surface area (TPSA) is 61.8 Å². The van der Waals surface area contributed by atoms with Gasteiger partial charge in [0.05, 0.1) is 12.7 Å². The van der Waals surface area contributed by atoms with Gasteiger partial charge in [-0.3, -0.25) is 9.69 Å². The van der Waals surface area contributed by atoms with Crippen molar-refractivity contribution in [1.82, 2.24) is 10.2 Å². The second kappa shape index (κ2) is 6.52. The second-order valence-electron chi connectivity index (χ2n) is 8.06. The van der Waals surface area contributed by atoms with Crippen LogP contribution in [0, 0.1) is 5.41 Å². The van der Waals surface area contributed by atoms with Gasteiger partial charge in [-0.15, -0.1) is 0 Å². The minimum atomic E-state index is -0.785. The molecule has 1 amide bonds. The van der Waals surface area contributed by atoms with Crippen LogP contribution in [0.5, 0.6) is 0 Å². The van der Waals surface area contributed by atoms with Crippen molar-refractivity contribution >= 4 is 5.91 Å². The molecule has 3 aliphatic rings. The summed E-state index contributed by atoms with van der Waals surface area (Å²) in [6.45, 7) is 1.88. The molecule has 2 fully saturated rings. The average Bonchev–Trinajstić information content (AvgIpc) is 3.10. The normalized spacial score (nSPS) is 32.0. The van der Waals surface area contributed by atoms with Crippen LogP contribution in [0.25, 0.3) is 0 Å². The predicted molar refractivity (Wildman–Crippen MR) is 103 cm³/mol. The van der Waals surface area contributed by atoms with Gasteiger partial charge in [-0.25, -0.2) is 0 Å². The fraction of sp³-hybridized carbons (Fsp3) is 0.545. The van der Waals surface area contributed by atoms with Crippen molar-refractivity contribution in [2.24, 2.45) is 5.41 Å². The standard InChI is InChI=1S/C22H28N2O3/c1-4-5-19-23-22(20(26)24(19)2)18-12-15(14-25)6-7-16(18)13-21(22)10-8-17(27-3)9-11-21/h4,6-7,12,17,23,25H,8-11,13-14H2,1-3H3. The van der Waals surface area contributed by atoms with E-state index in [1.807, 2.05) is 32.2 Å². The Hall–Kier alpha value is -2.07. The number of benzene rings is 1. The Balaban J connectivity index is 1.89. The maximum absolute atomic E-state index is 13.7. The molecule has 1 aromatic rings. The number of aliphatic hydroxyl groups is 1. The zero-order valence-electron chi connectivity index (χ0n) is 16.3. The molecule has 2 N–H and O–H groups in total. The quantitative estimate of drug-likeness (QED) is 0.788. The molecular formula is C22H28N2O3. The Morgan fingerprint density at radius 3 is 2.78 bits per heavy atom. The molecule has 1 heterocycles. The smallest absolute Gasteiger partial charge is 0.259 e. The number of carbonyl (C=O) groups is 1. The van der Waals surface area contributed by atoms with Gasteiger partial charge in [0.1, 0.15) is 0 Å². The van der Waals surface area contributed by atoms with Crippen LogP contribution in [0.2, 0.25) is 0 Å². The lowest BCUT2D eigenvalue weighted by molar-refractivity contribution is -0.138. The van der Waals surface area contributed by atoms with Gasteiger partial charge in [0.25, 0.3) is 5.91 Å². The van der Waals surface area contributed by atoms with E-state index >= 15 is 0 Å². The second-order valence-corrected chi connectivity index (χ2v) is 8.06. The SMILES string of the molecule is CC=C=C1NC2(C(=O)N1C)c1cc(CO)ccc1CC21CCC(OC)CC1. The van der Waals surface area contributed by atoms with Crippen molar-refractivity contribution in [2.75, 3.05) is 14.2 Å². The summed E-state index contributed by atoms with van der Waals surface area (Å²) in [6, 6.07) is 6.08. The maximum atomic E-state index is 13.7. The Morgan fingerprint density at radius 2 is 2.15 bits per heavy atom. The van der Waals surface area contributed by atoms with Crippen molar-refractivity contribution < 1.29 is 14.6 Å². The number of nitrogens with zero attached hydrogens (tertiary/aromatic N) is 1. The number of hydrogen-bond acceptors (Lipinski definition) is 4. The molecule has 27 heavy (non-hydrogen) atoms. The van der Waals surface area contributed by atoms with Crippen molar-refractivity contribution in [3.8, 4) is 0 Å². The van der Waals surface area contributed by atoms with Crippen molar-refractivity contribution in [1.29, 1.82) is 0 Å². The lowest BCUT2D eigenvalue weighted by Crippen LogP contribution is -2.56. The van der Waals surface area contributed by atoms with Gasteiger partial charge < -0.3 is 15.2 Å². The van der Waals surface area contributed by atoms with Gasteiger partial charge in [0, 0.05) is 19.6 Å². The number of ether oxygens (including phenoxy) is 1. The third-order valence-electron chi connectivity index (χ3n) is 6.86. The first-order chi connectivity index (χ1) is 13.0. The predicted octanol–water partition coefficient (Wildman–Crippen LogP) is 2.58. The number of aliphatic hydroxyl groups excluding tert-OH is 1. The lowest BCUT2D eigenvalue weighted by atomic mass is 9.61. The van der Waals surface area contributed by atoms with Crippen LogP contribution in [0.4, 0.5) is 0 Å². The highest BCUT2D eigenvalue weighted by molar-refractivity contribution is 5.94. The van der Waals surface area contributed by atoms with E-state index in [0.717, 1.165) is 49.1 Å². The molecule has 1 saturated heterocycles. The fourth-order valence-corrected chi connectivity index (χ4v) is 5.42. The zero-order valence-corrected chi connectivity index (χ0v) is 16.3. The maximum Gasteiger partial charge on any atom is 0.259 e. The van der Waals surface area contributed by atoms with Gasteiger partial charge in [0.2, 0.25) is 0 Å². The monoisotopic (exact) mass is 368 g/mol. The number of likely N-dealkylation sites (N-methyl/N-ethyl adjacent to an activating group) is 1. The first-order valence-electron chi connectivity index (χ1n) is 9.75. The van der Waals surface area contributed by atoms with Gasteiger partial charge in [-0.1, -0.05) is 23.9 Å². The summed E-state index contributed by atoms with van der Waals surface area (Å²) >= 11 is 0. The van der Waals surface area contributed by atoms with E-state index in [0.29, 0.717) is 0 Å². The number of nitrogens with one attached hydrogen (secondary N) is 1. The summed E-state index contributed by atoms with van der Waals surface area (Å²) in [5.41, 5.74) is 5.30. The van der Waals surface area contributed by atoms with Crippen LogP contribution in [0.3, 0.4) is 0 Å². The summed E-state index contributed by atoms with van der Waals surface area (Å²) in [5, 5.41) is 13.3. The van der Waals surface area contributed by atoms with E-state index in [1.54, 1.807) is 12.0 Å². The summed E-state index contributed by atoms with van der Waals surface area (Å²) in [7, 11) is 3.59. The number of fused-ring (bicyclic) bond motifs is 3. The molecule has 1 aromatic carbocycles. The van der Waals surface area contributed by atoms with Gasteiger partial charge in [0.15, 0.2) is 11.4 Å². The summed E-state index contributed by atoms with van der Waals surface area (Å²) in [6.07, 6.45) is 6.76. The molecule has 5 nitrogen and oxygen atoms in total. The van der Waals surface area contributed by atoms with Crippen LogP contribution in [0.15, 0.2) is 35.8 Å². The van der Waals surface area contributed by atoms with E-state index in [-0.39, 0.29) is 24.0 Å². The summed E-state index contributed by atoms with van der Waals surface area (Å²) in [4.78, 5) is 15.4. The van der Waals surface area contributed by atoms with Crippen molar-refractivity contribution in [2.45, 2.75) is 57.3 Å². The van der Waals surface area contributed by atoms with Gasteiger partial charge in [-0.2, -0.15) is 0 Å². The fourth-order valence-electron chi connectivity index (χ4n) is 5.42. The van der Waals surface area contributed by atoms with Crippen LogP contribution in [0.1, 0.15) is 49.3 Å². The number of carbonyl (C=O) groups excluding carboxylic acids is 1. The van der Waals surface area contributed by atoms with E-state index in [4.69, 9.17) is 4.74 Å². The Bertz CT molecular complexity index is 832. The van der Waals surface area contributed by atoms with Crippen LogP contribution >= 0.6 is 0 Å². The van der Waals surface area contributed by atoms with E-state index in [2.05, 4.69) is 17.1 Å². The molecule has 2 spiro atoms. The number of rotatable bonds is 2. The molecule has 2 aliphatic carbocycles. The molecule has 1 aliphatic heterocycles. The van der Waals surface area contributed by atoms with E-state index in [9.17, 15) is 9.90 Å². The number of methoxy groups -OCH3 is 1. The Labute approximate surface area is 160 Å². The minimum Gasteiger partial charge on any atom is -0.392 e. The first kappa shape index (κ1) is 18.3. The third-order valence-corrected chi connectivity index (χ3v) is 6.86. The highest BCUT2D eigenvalue weighted by Gasteiger charge is 2.66. The highest BCUT2D eigenvalue weighted by Crippen LogP contribution is 2.60. The zero-order chi connectivity index (χ0) is 19.2. The molecule has 4 rings (SSSR count). The number of amides is 1. The lowest BCUT2D eigenvalue weighted by Gasteiger charge is -2.46. The number of allylic oxidation sites excluding steroid dienone is 1. The molecular weight excluding hydrogens is 340 g/mol. The van der Waals surface area contributed by atoms with Crippen LogP contribution in [-0.4, -0.2) is 36.2 Å². The summed E-state index contributed by atoms with van der Waals surface area (Å²) in [5.74, 6) is 0.801. The molecule has 0 bridgehead atoms. The van der Waals surface area contributed by atoms with Crippen molar-refractivity contribution in [3.05, 3.63) is 52.5 Å².